The van der Waals surface area contributed by atoms with Crippen molar-refractivity contribution in [2.75, 3.05) is 6.26 Å². The number of alkyl halides is 2. The second-order valence-electron chi connectivity index (χ2n) is 3.14. The maximum absolute atomic E-state index is 12.9. The average Bonchev–Trinajstić information content (AvgIpc) is 1.97. The first-order valence-corrected chi connectivity index (χ1v) is 7.30. The zero-order valence-corrected chi connectivity index (χ0v) is 10.2. The highest BCUT2D eigenvalue weighted by atomic mass is 32.3. The summed E-state index contributed by atoms with van der Waals surface area (Å²) in [4.78, 5) is 20.9. The van der Waals surface area contributed by atoms with Crippen molar-refractivity contribution in [3.05, 3.63) is 0 Å². The number of halogens is 2. The SMILES string of the molecule is CC(=O)C(S(C)(=O)=O)S(=O)(=O)C(F)(F)C(=O)O. The van der Waals surface area contributed by atoms with Gasteiger partial charge in [0.05, 0.1) is 0 Å². The molecule has 0 saturated carbocycles. The molecule has 0 heterocycles. The van der Waals surface area contributed by atoms with Crippen LogP contribution in [0.2, 0.25) is 0 Å². The minimum atomic E-state index is -6.03. The molecule has 100 valence electrons. The predicted octanol–water partition coefficient (Wildman–Crippen LogP) is -0.962. The summed E-state index contributed by atoms with van der Waals surface area (Å²) < 4.78 is 66.9. The molecule has 0 aliphatic carbocycles. The van der Waals surface area contributed by atoms with Crippen LogP contribution in [0.3, 0.4) is 0 Å². The van der Waals surface area contributed by atoms with Gasteiger partial charge in [-0.3, -0.25) is 4.79 Å². The van der Waals surface area contributed by atoms with E-state index in [0.717, 1.165) is 0 Å². The Bertz CT molecular complexity index is 545. The van der Waals surface area contributed by atoms with Crippen molar-refractivity contribution in [2.24, 2.45) is 0 Å². The van der Waals surface area contributed by atoms with E-state index in [2.05, 4.69) is 0 Å². The van der Waals surface area contributed by atoms with E-state index in [1.54, 1.807) is 0 Å². The summed E-state index contributed by atoms with van der Waals surface area (Å²) in [5.41, 5.74) is 0. The average molecular weight is 294 g/mol. The Morgan fingerprint density at radius 2 is 1.53 bits per heavy atom. The zero-order chi connectivity index (χ0) is 14.2. The van der Waals surface area contributed by atoms with Crippen LogP contribution in [-0.4, -0.2) is 49.8 Å². The fraction of sp³-hybridized carbons (Fsp3) is 0.667. The molecule has 0 rings (SSSR count). The van der Waals surface area contributed by atoms with Crippen molar-refractivity contribution >= 4 is 31.4 Å². The molecule has 1 N–H and O–H groups in total. The molecule has 0 aromatic carbocycles. The van der Waals surface area contributed by atoms with Crippen molar-refractivity contribution in [2.45, 2.75) is 16.8 Å². The van der Waals surface area contributed by atoms with Crippen LogP contribution in [0.5, 0.6) is 0 Å². The van der Waals surface area contributed by atoms with Crippen LogP contribution in [0.4, 0.5) is 8.78 Å². The van der Waals surface area contributed by atoms with Gasteiger partial charge < -0.3 is 5.11 Å². The molecule has 0 fully saturated rings. The topological polar surface area (TPSA) is 123 Å². The minimum Gasteiger partial charge on any atom is -0.476 e. The van der Waals surface area contributed by atoms with Gasteiger partial charge in [-0.05, 0) is 6.92 Å². The molecule has 0 radical (unpaired) electrons. The largest absolute Gasteiger partial charge is 0.476 e. The maximum Gasteiger partial charge on any atom is 0.441 e. The van der Waals surface area contributed by atoms with E-state index in [4.69, 9.17) is 5.11 Å². The Kier molecular flexibility index (Phi) is 4.01. The van der Waals surface area contributed by atoms with Crippen LogP contribution in [0, 0.1) is 0 Å². The van der Waals surface area contributed by atoms with Crippen molar-refractivity contribution in [3.63, 3.8) is 0 Å². The Hall–Kier alpha value is -1.10. The molecule has 7 nitrogen and oxygen atoms in total. The van der Waals surface area contributed by atoms with Crippen LogP contribution in [0.25, 0.3) is 0 Å². The van der Waals surface area contributed by atoms with Crippen molar-refractivity contribution < 1.29 is 40.3 Å². The molecule has 17 heavy (non-hydrogen) atoms. The van der Waals surface area contributed by atoms with Crippen molar-refractivity contribution in [3.8, 4) is 0 Å². The van der Waals surface area contributed by atoms with Gasteiger partial charge >= 0.3 is 11.2 Å². The smallest absolute Gasteiger partial charge is 0.441 e. The fourth-order valence-electron chi connectivity index (χ4n) is 1.01. The van der Waals surface area contributed by atoms with Crippen LogP contribution < -0.4 is 0 Å². The van der Waals surface area contributed by atoms with Crippen LogP contribution in [-0.2, 0) is 29.3 Å². The van der Waals surface area contributed by atoms with E-state index in [1.807, 2.05) is 0 Å². The zero-order valence-electron chi connectivity index (χ0n) is 8.55. The number of rotatable bonds is 5. The highest BCUT2D eigenvalue weighted by molar-refractivity contribution is 8.10. The lowest BCUT2D eigenvalue weighted by Crippen LogP contribution is -2.49. The van der Waals surface area contributed by atoms with Crippen LogP contribution >= 0.6 is 0 Å². The molecule has 0 aliphatic rings. The third-order valence-corrected chi connectivity index (χ3v) is 6.31. The number of ketones is 1. The predicted molar refractivity (Wildman–Crippen MR) is 50.8 cm³/mol. The summed E-state index contributed by atoms with van der Waals surface area (Å²) in [5.74, 6) is -4.65. The summed E-state index contributed by atoms with van der Waals surface area (Å²) in [6.45, 7) is 0.460. The van der Waals surface area contributed by atoms with Gasteiger partial charge in [0.1, 0.15) is 0 Å². The Morgan fingerprint density at radius 1 is 1.18 bits per heavy atom. The monoisotopic (exact) mass is 294 g/mol. The molecule has 1 unspecified atom stereocenters. The summed E-state index contributed by atoms with van der Waals surface area (Å²) in [7, 11) is -10.7. The number of hydrogen-bond acceptors (Lipinski definition) is 6. The lowest BCUT2D eigenvalue weighted by Gasteiger charge is -2.17. The van der Waals surface area contributed by atoms with Gasteiger partial charge in [0, 0.05) is 6.26 Å². The number of carbonyl (C=O) groups excluding carboxylic acids is 1. The maximum atomic E-state index is 12.9. The Morgan fingerprint density at radius 3 is 1.71 bits per heavy atom. The Balaban J connectivity index is 6.10. The third kappa shape index (κ3) is 2.77. The molecular weight excluding hydrogens is 286 g/mol. The van der Waals surface area contributed by atoms with Crippen LogP contribution in [0.1, 0.15) is 6.92 Å². The van der Waals surface area contributed by atoms with Gasteiger partial charge in [0.2, 0.25) is 4.58 Å². The normalized spacial score (nSPS) is 15.3. The fourth-order valence-corrected chi connectivity index (χ4v) is 4.76. The van der Waals surface area contributed by atoms with Gasteiger partial charge in [-0.25, -0.2) is 21.6 Å². The highest BCUT2D eigenvalue weighted by Crippen LogP contribution is 2.29. The highest BCUT2D eigenvalue weighted by Gasteiger charge is 2.60. The molecule has 0 spiro atoms. The van der Waals surface area contributed by atoms with Gasteiger partial charge in [0.15, 0.2) is 15.6 Å². The minimum absolute atomic E-state index is 0.245. The number of sulfone groups is 2. The molecule has 0 amide bonds. The molecule has 0 aromatic rings. The molecule has 1 atom stereocenters. The van der Waals surface area contributed by atoms with E-state index >= 15 is 0 Å². The van der Waals surface area contributed by atoms with E-state index in [-0.39, 0.29) is 6.26 Å². The van der Waals surface area contributed by atoms with Gasteiger partial charge in [-0.2, -0.15) is 8.78 Å². The Labute approximate surface area is 95.3 Å². The molecule has 0 aliphatic heterocycles. The number of carboxylic acids is 1. The third-order valence-electron chi connectivity index (χ3n) is 1.61. The molecule has 11 heteroatoms. The van der Waals surface area contributed by atoms with Gasteiger partial charge in [-0.15, -0.1) is 0 Å². The second kappa shape index (κ2) is 4.29. The first-order valence-electron chi connectivity index (χ1n) is 3.80. The van der Waals surface area contributed by atoms with E-state index in [9.17, 15) is 35.2 Å². The lowest BCUT2D eigenvalue weighted by molar-refractivity contribution is -0.153. The number of carbonyl (C=O) groups is 2. The number of Topliss-reactive ketones (excluding diaryl/α,β-unsaturated/α-hetero) is 1. The summed E-state index contributed by atoms with van der Waals surface area (Å²) in [6.07, 6.45) is 0.245. The molecule has 0 aromatic heterocycles. The standard InChI is InChI=1S/C6H8F2O7S2/c1-3(9)4(16(2,12)13)17(14,15)6(7,8)5(10)11/h4H,1-2H3,(H,10,11). The van der Waals surface area contributed by atoms with E-state index < -0.39 is 41.3 Å². The molecule has 0 saturated heterocycles. The summed E-state index contributed by atoms with van der Waals surface area (Å²) in [5, 5.41) is 2.68. The van der Waals surface area contributed by atoms with Crippen molar-refractivity contribution in [1.29, 1.82) is 0 Å². The molecule has 0 bridgehead atoms. The van der Waals surface area contributed by atoms with Crippen molar-refractivity contribution in [1.82, 2.24) is 0 Å². The van der Waals surface area contributed by atoms with E-state index in [1.165, 1.54) is 0 Å². The quantitative estimate of drug-likeness (QED) is 0.692. The van der Waals surface area contributed by atoms with E-state index in [0.29, 0.717) is 6.92 Å². The summed E-state index contributed by atoms with van der Waals surface area (Å²) >= 11 is 0. The first kappa shape index (κ1) is 15.9. The van der Waals surface area contributed by atoms with Crippen LogP contribution in [0.15, 0.2) is 0 Å². The number of hydrogen-bond donors (Lipinski definition) is 1. The van der Waals surface area contributed by atoms with Gasteiger partial charge in [-0.1, -0.05) is 0 Å². The molecular formula is C6H8F2O7S2. The first-order chi connectivity index (χ1) is 7.26. The number of aliphatic carboxylic acids is 1. The summed E-state index contributed by atoms with van der Waals surface area (Å²) in [6, 6.07) is 0. The number of carboxylic acid groups (broad SMARTS) is 1. The lowest BCUT2D eigenvalue weighted by atomic mass is 10.5. The van der Waals surface area contributed by atoms with Gasteiger partial charge in [0.25, 0.3) is 9.84 Å². The second-order valence-corrected chi connectivity index (χ2v) is 7.64.